The maximum atomic E-state index is 5.39. The Morgan fingerprint density at radius 3 is 2.73 bits per heavy atom. The average Bonchev–Trinajstić information content (AvgIpc) is 2.52. The third-order valence-corrected chi connectivity index (χ3v) is 5.24. The maximum absolute atomic E-state index is 5.39. The molecule has 0 unspecified atom stereocenters. The van der Waals surface area contributed by atoms with E-state index in [1.807, 2.05) is 12.3 Å². The number of hydrogen-bond acceptors (Lipinski definition) is 2. The summed E-state index contributed by atoms with van der Waals surface area (Å²) in [7, 11) is 1.74. The van der Waals surface area contributed by atoms with Crippen LogP contribution in [0.2, 0.25) is 0 Å². The van der Waals surface area contributed by atoms with E-state index in [1.54, 1.807) is 7.11 Å². The number of nitrogens with zero attached hydrogens (tertiary/aromatic N) is 1. The Balaban J connectivity index is 2.06. The summed E-state index contributed by atoms with van der Waals surface area (Å²) in [4.78, 5) is 4.62. The molecule has 0 spiro atoms. The summed E-state index contributed by atoms with van der Waals surface area (Å²) in [5.41, 5.74) is 3.61. The molecule has 0 radical (unpaired) electrons. The fraction of sp³-hybridized carbons (Fsp3) is 0.167. The Morgan fingerprint density at radius 2 is 1.91 bits per heavy atom. The number of methoxy groups -OCH3 is 1. The monoisotopic (exact) mass is 417 g/mol. The normalized spacial score (nSPS) is 14.0. The third kappa shape index (κ3) is 2.25. The van der Waals surface area contributed by atoms with Gasteiger partial charge in [-0.25, -0.2) is 0 Å². The number of benzene rings is 2. The molecule has 0 saturated heterocycles. The van der Waals surface area contributed by atoms with Crippen LogP contribution in [-0.4, -0.2) is 12.1 Å². The number of hydrogen-bond donors (Lipinski definition) is 0. The molecule has 2 aromatic carbocycles. The number of ether oxygens (including phenoxy) is 1. The first kappa shape index (κ1) is 14.2. The van der Waals surface area contributed by atoms with E-state index in [2.05, 4.69) is 61.1 Å². The Morgan fingerprint density at radius 1 is 1.05 bits per heavy atom. The summed E-state index contributed by atoms with van der Waals surface area (Å²) in [6.07, 6.45) is 6.07. The van der Waals surface area contributed by atoms with Gasteiger partial charge in [0.2, 0.25) is 0 Å². The summed E-state index contributed by atoms with van der Waals surface area (Å²) >= 11 is 7.18. The molecule has 0 saturated carbocycles. The van der Waals surface area contributed by atoms with E-state index in [0.29, 0.717) is 0 Å². The van der Waals surface area contributed by atoms with Gasteiger partial charge in [0.15, 0.2) is 0 Å². The molecule has 1 aliphatic carbocycles. The van der Waals surface area contributed by atoms with E-state index < -0.39 is 0 Å². The molecule has 4 heteroatoms. The zero-order valence-corrected chi connectivity index (χ0v) is 15.2. The minimum Gasteiger partial charge on any atom is -0.501 e. The van der Waals surface area contributed by atoms with Crippen molar-refractivity contribution in [2.75, 3.05) is 7.11 Å². The van der Waals surface area contributed by atoms with Crippen LogP contribution >= 0.6 is 31.9 Å². The van der Waals surface area contributed by atoms with Crippen molar-refractivity contribution in [3.63, 3.8) is 0 Å². The lowest BCUT2D eigenvalue weighted by Gasteiger charge is -2.17. The molecule has 0 atom stereocenters. The predicted octanol–water partition coefficient (Wildman–Crippen LogP) is 5.85. The van der Waals surface area contributed by atoms with Gasteiger partial charge in [0.1, 0.15) is 0 Å². The fourth-order valence-corrected chi connectivity index (χ4v) is 4.40. The summed E-state index contributed by atoms with van der Waals surface area (Å²) < 4.78 is 7.46. The highest BCUT2D eigenvalue weighted by Crippen LogP contribution is 2.35. The van der Waals surface area contributed by atoms with Crippen molar-refractivity contribution in [2.24, 2.45) is 0 Å². The van der Waals surface area contributed by atoms with E-state index in [4.69, 9.17) is 4.74 Å². The molecule has 0 fully saturated rings. The Bertz CT molecular complexity index is 947. The number of pyridine rings is 1. The molecule has 22 heavy (non-hydrogen) atoms. The molecule has 0 aliphatic heterocycles. The average molecular weight is 419 g/mol. The van der Waals surface area contributed by atoms with Gasteiger partial charge in [0.25, 0.3) is 0 Å². The van der Waals surface area contributed by atoms with Crippen molar-refractivity contribution < 1.29 is 4.74 Å². The topological polar surface area (TPSA) is 22.1 Å². The predicted molar refractivity (Wildman–Crippen MR) is 98.0 cm³/mol. The molecule has 3 aromatic rings. The second-order valence-electron chi connectivity index (χ2n) is 5.50. The van der Waals surface area contributed by atoms with Crippen molar-refractivity contribution in [3.05, 3.63) is 56.3 Å². The highest BCUT2D eigenvalue weighted by atomic mass is 79.9. The van der Waals surface area contributed by atoms with Crippen LogP contribution in [0.25, 0.3) is 27.8 Å². The molecule has 2 nitrogen and oxygen atoms in total. The van der Waals surface area contributed by atoms with Gasteiger partial charge in [-0.3, -0.25) is 4.98 Å². The standard InChI is InChI=1S/C18H13Br2NO/c1-22-14-3-2-10-6-15-12(4-11(10)5-14)9-21-18-16(15)7-13(19)8-17(18)20/h4-9H,2-3H2,1H3. The van der Waals surface area contributed by atoms with Crippen LogP contribution in [-0.2, 0) is 11.2 Å². The summed E-state index contributed by atoms with van der Waals surface area (Å²) in [5, 5.41) is 3.58. The molecule has 110 valence electrons. The highest BCUT2D eigenvalue weighted by Gasteiger charge is 2.14. The van der Waals surface area contributed by atoms with Gasteiger partial charge in [0.05, 0.1) is 18.4 Å². The SMILES string of the molecule is COC1=Cc2cc3cnc4c(Br)cc(Br)cc4c3cc2CC1. The van der Waals surface area contributed by atoms with Crippen molar-refractivity contribution in [3.8, 4) is 0 Å². The fourth-order valence-electron chi connectivity index (χ4n) is 3.07. The van der Waals surface area contributed by atoms with E-state index in [1.165, 1.54) is 21.9 Å². The molecule has 0 amide bonds. The summed E-state index contributed by atoms with van der Waals surface area (Å²) in [6.45, 7) is 0. The smallest absolute Gasteiger partial charge is 0.0964 e. The molecular weight excluding hydrogens is 406 g/mol. The minimum atomic E-state index is 0.964. The molecule has 1 heterocycles. The number of rotatable bonds is 1. The van der Waals surface area contributed by atoms with Gasteiger partial charge in [-0.15, -0.1) is 0 Å². The Kier molecular flexibility index (Phi) is 3.46. The molecule has 0 bridgehead atoms. The second-order valence-corrected chi connectivity index (χ2v) is 7.27. The van der Waals surface area contributed by atoms with Crippen LogP contribution in [0.1, 0.15) is 17.5 Å². The van der Waals surface area contributed by atoms with Crippen molar-refractivity contribution in [1.29, 1.82) is 0 Å². The summed E-state index contributed by atoms with van der Waals surface area (Å²) in [6, 6.07) is 8.69. The summed E-state index contributed by atoms with van der Waals surface area (Å²) in [5.74, 6) is 1.05. The Labute approximate surface area is 145 Å². The molecule has 1 aliphatic rings. The van der Waals surface area contributed by atoms with E-state index in [9.17, 15) is 0 Å². The number of aryl methyl sites for hydroxylation is 1. The second kappa shape index (κ2) is 5.36. The number of allylic oxidation sites excluding steroid dienone is 1. The number of halogens is 2. The molecule has 4 rings (SSSR count). The van der Waals surface area contributed by atoms with Gasteiger partial charge in [-0.2, -0.15) is 0 Å². The van der Waals surface area contributed by atoms with Gasteiger partial charge in [-0.1, -0.05) is 15.9 Å². The van der Waals surface area contributed by atoms with Crippen LogP contribution in [0.4, 0.5) is 0 Å². The lowest BCUT2D eigenvalue weighted by atomic mass is 9.92. The number of fused-ring (bicyclic) bond motifs is 4. The zero-order valence-electron chi connectivity index (χ0n) is 12.0. The minimum absolute atomic E-state index is 0.964. The van der Waals surface area contributed by atoms with E-state index in [0.717, 1.165) is 38.4 Å². The van der Waals surface area contributed by atoms with Crippen molar-refractivity contribution in [2.45, 2.75) is 12.8 Å². The third-order valence-electron chi connectivity index (χ3n) is 4.18. The first-order valence-corrected chi connectivity index (χ1v) is 8.69. The number of aromatic nitrogens is 1. The van der Waals surface area contributed by atoms with Crippen LogP contribution in [0.3, 0.4) is 0 Å². The molecule has 0 N–H and O–H groups in total. The van der Waals surface area contributed by atoms with Crippen LogP contribution in [0.5, 0.6) is 0 Å². The van der Waals surface area contributed by atoms with Gasteiger partial charge in [-0.05, 0) is 69.2 Å². The molecular formula is C18H13Br2NO. The molecule has 1 aromatic heterocycles. The highest BCUT2D eigenvalue weighted by molar-refractivity contribution is 9.11. The largest absolute Gasteiger partial charge is 0.501 e. The Hall–Kier alpha value is -1.39. The van der Waals surface area contributed by atoms with Gasteiger partial charge < -0.3 is 4.74 Å². The quantitative estimate of drug-likeness (QED) is 0.462. The van der Waals surface area contributed by atoms with Crippen LogP contribution in [0.15, 0.2) is 45.2 Å². The lowest BCUT2D eigenvalue weighted by molar-refractivity contribution is 0.280. The zero-order chi connectivity index (χ0) is 15.3. The van der Waals surface area contributed by atoms with Crippen molar-refractivity contribution in [1.82, 2.24) is 4.98 Å². The van der Waals surface area contributed by atoms with Crippen LogP contribution < -0.4 is 0 Å². The van der Waals surface area contributed by atoms with Crippen LogP contribution in [0, 0.1) is 0 Å². The van der Waals surface area contributed by atoms with Crippen molar-refractivity contribution >= 4 is 59.6 Å². The van der Waals surface area contributed by atoms with E-state index in [-0.39, 0.29) is 0 Å². The first-order chi connectivity index (χ1) is 10.7. The first-order valence-electron chi connectivity index (χ1n) is 7.10. The maximum Gasteiger partial charge on any atom is 0.0964 e. The van der Waals surface area contributed by atoms with E-state index >= 15 is 0 Å². The van der Waals surface area contributed by atoms with Gasteiger partial charge >= 0.3 is 0 Å². The van der Waals surface area contributed by atoms with Gasteiger partial charge in [0, 0.05) is 32.3 Å². The lowest BCUT2D eigenvalue weighted by Crippen LogP contribution is -2.01.